The first-order chi connectivity index (χ1) is 14.8. The quantitative estimate of drug-likeness (QED) is 0.461. The van der Waals surface area contributed by atoms with Crippen molar-refractivity contribution < 1.29 is 18.7 Å². The maximum Gasteiger partial charge on any atom is 0.361 e. The highest BCUT2D eigenvalue weighted by molar-refractivity contribution is 6.88. The van der Waals surface area contributed by atoms with Crippen LogP contribution in [0.4, 0.5) is 0 Å². The summed E-state index contributed by atoms with van der Waals surface area (Å²) >= 11 is 0. The number of benzene rings is 1. The van der Waals surface area contributed by atoms with E-state index < -0.39 is 14.0 Å². The molecule has 0 N–H and O–H groups in total. The number of oxazole rings is 1. The van der Waals surface area contributed by atoms with Gasteiger partial charge < -0.3 is 14.1 Å². The van der Waals surface area contributed by atoms with Gasteiger partial charge in [-0.05, 0) is 25.5 Å². The fourth-order valence-corrected chi connectivity index (χ4v) is 5.42. The van der Waals surface area contributed by atoms with Gasteiger partial charge in [-0.2, -0.15) is 0 Å². The smallest absolute Gasteiger partial charge is 0.361 e. The summed E-state index contributed by atoms with van der Waals surface area (Å²) in [7, 11) is -1.59. The Morgan fingerprint density at radius 2 is 2.10 bits per heavy atom. The van der Waals surface area contributed by atoms with Gasteiger partial charge in [0.05, 0.1) is 37.7 Å². The molecular formula is C22H24N4O4Si. The second kappa shape index (κ2) is 6.91. The fraction of sp³-hybridized carbons (Fsp3) is 0.364. The summed E-state index contributed by atoms with van der Waals surface area (Å²) in [5.41, 5.74) is 2.94. The zero-order chi connectivity index (χ0) is 21.9. The zero-order valence-corrected chi connectivity index (χ0v) is 19.0. The number of hydrogen-bond donors (Lipinski definition) is 0. The van der Waals surface area contributed by atoms with E-state index in [2.05, 4.69) is 35.7 Å². The van der Waals surface area contributed by atoms with Crippen molar-refractivity contribution in [1.82, 2.24) is 19.4 Å². The molecule has 2 aliphatic rings. The van der Waals surface area contributed by atoms with Crippen molar-refractivity contribution in [1.29, 1.82) is 0 Å². The van der Waals surface area contributed by atoms with Gasteiger partial charge in [0, 0.05) is 6.54 Å². The van der Waals surface area contributed by atoms with Crippen LogP contribution in [0.25, 0.3) is 17.1 Å². The summed E-state index contributed by atoms with van der Waals surface area (Å²) in [6, 6.07) is 6.04. The molecule has 2 aliphatic heterocycles. The number of aromatic nitrogens is 3. The molecular weight excluding hydrogens is 412 g/mol. The number of amides is 1. The number of hydrogen-bond acceptors (Lipinski definition) is 6. The highest BCUT2D eigenvalue weighted by Gasteiger charge is 2.43. The normalized spacial score (nSPS) is 17.4. The molecule has 0 saturated carbocycles. The lowest BCUT2D eigenvalue weighted by molar-refractivity contribution is 0.0459. The SMILES string of the molecule is CCOC(=O)c1ncoc1-c1ncn2c1[C@@H]1CCN1C(=O)c1cc([Si](C)(C)C)ccc1-2. The minimum atomic E-state index is -1.59. The minimum absolute atomic E-state index is 0.0317. The molecule has 31 heavy (non-hydrogen) atoms. The van der Waals surface area contributed by atoms with Crippen LogP contribution in [0.15, 0.2) is 35.3 Å². The highest BCUT2D eigenvalue weighted by atomic mass is 28.3. The number of esters is 1. The zero-order valence-electron chi connectivity index (χ0n) is 18.0. The molecule has 8 nitrogen and oxygen atoms in total. The molecule has 1 atom stereocenters. The summed E-state index contributed by atoms with van der Waals surface area (Å²) < 4.78 is 12.7. The van der Waals surface area contributed by atoms with Crippen LogP contribution in [-0.2, 0) is 4.74 Å². The summed E-state index contributed by atoms with van der Waals surface area (Å²) in [6.07, 6.45) is 3.74. The van der Waals surface area contributed by atoms with Crippen LogP contribution in [0.3, 0.4) is 0 Å². The molecule has 0 aliphatic carbocycles. The summed E-state index contributed by atoms with van der Waals surface area (Å²) in [6.45, 7) is 9.47. The first-order valence-corrected chi connectivity index (χ1v) is 13.9. The molecule has 1 amide bonds. The second-order valence-corrected chi connectivity index (χ2v) is 14.0. The Labute approximate surface area is 180 Å². The summed E-state index contributed by atoms with van der Waals surface area (Å²) in [5.74, 6) is -0.249. The monoisotopic (exact) mass is 436 g/mol. The molecule has 9 heteroatoms. The molecule has 0 radical (unpaired) electrons. The Morgan fingerprint density at radius 3 is 2.77 bits per heavy atom. The van der Waals surface area contributed by atoms with Crippen LogP contribution in [0.1, 0.15) is 45.9 Å². The van der Waals surface area contributed by atoms with Crippen molar-refractivity contribution >= 4 is 25.1 Å². The van der Waals surface area contributed by atoms with Gasteiger partial charge in [-0.3, -0.25) is 9.36 Å². The van der Waals surface area contributed by atoms with E-state index in [1.807, 2.05) is 21.6 Å². The van der Waals surface area contributed by atoms with Crippen LogP contribution < -0.4 is 5.19 Å². The Bertz CT molecular complexity index is 1210. The number of fused-ring (bicyclic) bond motifs is 5. The van der Waals surface area contributed by atoms with Crippen molar-refractivity contribution in [2.75, 3.05) is 13.2 Å². The summed E-state index contributed by atoms with van der Waals surface area (Å²) in [4.78, 5) is 36.3. The van der Waals surface area contributed by atoms with Gasteiger partial charge in [0.1, 0.15) is 12.0 Å². The van der Waals surface area contributed by atoms with Gasteiger partial charge in [0.2, 0.25) is 0 Å². The third kappa shape index (κ3) is 2.95. The van der Waals surface area contributed by atoms with Gasteiger partial charge in [-0.25, -0.2) is 14.8 Å². The van der Waals surface area contributed by atoms with E-state index in [0.717, 1.165) is 17.8 Å². The largest absolute Gasteiger partial charge is 0.461 e. The Balaban J connectivity index is 1.70. The second-order valence-electron chi connectivity index (χ2n) is 8.88. The lowest BCUT2D eigenvalue weighted by atomic mass is 9.96. The Kier molecular flexibility index (Phi) is 4.40. The number of carbonyl (C=O) groups excluding carboxylic acids is 2. The van der Waals surface area contributed by atoms with E-state index in [1.165, 1.54) is 11.6 Å². The van der Waals surface area contributed by atoms with Crippen molar-refractivity contribution in [3.63, 3.8) is 0 Å². The molecule has 1 fully saturated rings. The van der Waals surface area contributed by atoms with Gasteiger partial charge in [0.25, 0.3) is 5.91 Å². The predicted molar refractivity (Wildman–Crippen MR) is 116 cm³/mol. The summed E-state index contributed by atoms with van der Waals surface area (Å²) in [5, 5.41) is 1.24. The average Bonchev–Trinajstić information content (AvgIpc) is 3.31. The van der Waals surface area contributed by atoms with E-state index in [-0.39, 0.29) is 30.0 Å². The van der Waals surface area contributed by atoms with Crippen molar-refractivity contribution in [3.8, 4) is 17.1 Å². The standard InChI is InChI=1S/C22H24N4O4Si/c1-5-29-22(28)18-20(30-12-24-18)17-19-16-8-9-25(16)21(27)14-10-13(31(2,3)4)6-7-15(14)26(19)11-23-17/h6-7,10-12,16H,5,8-9H2,1-4H3/t16-/m0/s1. The number of imidazole rings is 1. The molecule has 2 aromatic heterocycles. The number of ether oxygens (including phenoxy) is 1. The highest BCUT2D eigenvalue weighted by Crippen LogP contribution is 2.43. The first-order valence-electron chi connectivity index (χ1n) is 10.4. The molecule has 0 unspecified atom stereocenters. The van der Waals surface area contributed by atoms with Crippen molar-refractivity contribution in [3.05, 3.63) is 47.9 Å². The van der Waals surface area contributed by atoms with Crippen molar-refractivity contribution in [2.45, 2.75) is 39.0 Å². The van der Waals surface area contributed by atoms with Crippen LogP contribution in [0.2, 0.25) is 19.6 Å². The van der Waals surface area contributed by atoms with Crippen LogP contribution in [0, 0.1) is 0 Å². The third-order valence-corrected chi connectivity index (χ3v) is 8.05. The van der Waals surface area contributed by atoms with Gasteiger partial charge in [0.15, 0.2) is 17.8 Å². The van der Waals surface area contributed by atoms with E-state index in [9.17, 15) is 9.59 Å². The third-order valence-electron chi connectivity index (χ3n) is 6.00. The van der Waals surface area contributed by atoms with E-state index in [4.69, 9.17) is 9.15 Å². The van der Waals surface area contributed by atoms with E-state index in [1.54, 1.807) is 13.3 Å². The minimum Gasteiger partial charge on any atom is -0.461 e. The van der Waals surface area contributed by atoms with Crippen molar-refractivity contribution in [2.24, 2.45) is 0 Å². The number of rotatable bonds is 4. The Hall–Kier alpha value is -3.20. The van der Waals surface area contributed by atoms with Crippen LogP contribution in [0.5, 0.6) is 0 Å². The predicted octanol–water partition coefficient (Wildman–Crippen LogP) is 3.15. The molecule has 160 valence electrons. The van der Waals surface area contributed by atoms with E-state index >= 15 is 0 Å². The van der Waals surface area contributed by atoms with Gasteiger partial charge >= 0.3 is 5.97 Å². The molecule has 5 rings (SSSR count). The van der Waals surface area contributed by atoms with E-state index in [0.29, 0.717) is 17.8 Å². The lowest BCUT2D eigenvalue weighted by Crippen LogP contribution is -2.45. The lowest BCUT2D eigenvalue weighted by Gasteiger charge is -2.39. The average molecular weight is 437 g/mol. The molecule has 0 spiro atoms. The molecule has 1 saturated heterocycles. The molecule has 0 bridgehead atoms. The molecule has 1 aromatic carbocycles. The molecule has 3 aromatic rings. The van der Waals surface area contributed by atoms with Crippen LogP contribution in [-0.4, -0.2) is 52.5 Å². The maximum absolute atomic E-state index is 13.4. The number of carbonyl (C=O) groups is 2. The number of nitrogens with zero attached hydrogens (tertiary/aromatic N) is 4. The first kappa shape index (κ1) is 19.7. The van der Waals surface area contributed by atoms with Crippen LogP contribution >= 0.6 is 0 Å². The topological polar surface area (TPSA) is 90.5 Å². The maximum atomic E-state index is 13.4. The Morgan fingerprint density at radius 1 is 1.29 bits per heavy atom. The fourth-order valence-electron chi connectivity index (χ4n) is 4.26. The molecule has 4 heterocycles. The van der Waals surface area contributed by atoms with Gasteiger partial charge in [-0.15, -0.1) is 0 Å². The van der Waals surface area contributed by atoms with Gasteiger partial charge in [-0.1, -0.05) is 30.9 Å².